The minimum atomic E-state index is -0.319. The summed E-state index contributed by atoms with van der Waals surface area (Å²) in [5.74, 6) is 0.809. The van der Waals surface area contributed by atoms with E-state index in [9.17, 15) is 9.59 Å². The molecule has 2 fully saturated rings. The minimum Gasteiger partial charge on any atom is -0.368 e. The van der Waals surface area contributed by atoms with Crippen molar-refractivity contribution in [1.29, 1.82) is 0 Å². The van der Waals surface area contributed by atoms with E-state index in [1.807, 2.05) is 41.3 Å². The number of carbonyl (C=O) groups is 2. The van der Waals surface area contributed by atoms with Crippen LogP contribution in [0, 0.1) is 12.8 Å². The van der Waals surface area contributed by atoms with Crippen LogP contribution in [0.1, 0.15) is 12.3 Å². The van der Waals surface area contributed by atoms with E-state index in [1.165, 1.54) is 0 Å². The summed E-state index contributed by atoms with van der Waals surface area (Å²) in [6, 6.07) is 15.2. The van der Waals surface area contributed by atoms with Gasteiger partial charge in [0.2, 0.25) is 23.5 Å². The zero-order valence-corrected chi connectivity index (χ0v) is 19.0. The molecule has 2 aromatic carbocycles. The fourth-order valence-electron chi connectivity index (χ4n) is 4.45. The van der Waals surface area contributed by atoms with E-state index in [0.29, 0.717) is 36.4 Å². The summed E-state index contributed by atoms with van der Waals surface area (Å²) in [7, 11) is 0. The number of halogens is 1. The van der Waals surface area contributed by atoms with Crippen molar-refractivity contribution >= 4 is 34.8 Å². The van der Waals surface area contributed by atoms with Gasteiger partial charge in [-0.1, -0.05) is 22.8 Å². The van der Waals surface area contributed by atoms with Crippen LogP contribution in [0.2, 0.25) is 5.02 Å². The van der Waals surface area contributed by atoms with Gasteiger partial charge in [-0.25, -0.2) is 0 Å². The third kappa shape index (κ3) is 4.43. The summed E-state index contributed by atoms with van der Waals surface area (Å²) in [4.78, 5) is 35.7. The van der Waals surface area contributed by atoms with Crippen LogP contribution in [0.3, 0.4) is 0 Å². The largest absolute Gasteiger partial charge is 0.368 e. The highest BCUT2D eigenvalue weighted by Gasteiger charge is 2.38. The van der Waals surface area contributed by atoms with Crippen molar-refractivity contribution in [3.05, 3.63) is 59.4 Å². The number of benzene rings is 2. The molecule has 2 aliphatic rings. The maximum Gasteiger partial charge on any atom is 0.228 e. The summed E-state index contributed by atoms with van der Waals surface area (Å²) in [5, 5.41) is 4.53. The number of aromatic nitrogens is 2. The van der Waals surface area contributed by atoms with Gasteiger partial charge in [0, 0.05) is 68.0 Å². The lowest BCUT2D eigenvalue weighted by Crippen LogP contribution is -2.50. The normalized spacial score (nSPS) is 18.8. The molecular formula is C24H24ClN5O3. The molecule has 1 unspecified atom stereocenters. The first-order valence-electron chi connectivity index (χ1n) is 11.0. The molecule has 2 amide bonds. The first kappa shape index (κ1) is 21.5. The average Bonchev–Trinajstić information content (AvgIpc) is 3.44. The zero-order chi connectivity index (χ0) is 22.9. The summed E-state index contributed by atoms with van der Waals surface area (Å²) < 4.78 is 5.05. The van der Waals surface area contributed by atoms with Crippen molar-refractivity contribution in [2.75, 3.05) is 42.5 Å². The Balaban J connectivity index is 1.18. The Hall–Kier alpha value is -3.39. The first-order valence-corrected chi connectivity index (χ1v) is 11.4. The van der Waals surface area contributed by atoms with Crippen molar-refractivity contribution in [1.82, 2.24) is 15.0 Å². The van der Waals surface area contributed by atoms with Crippen molar-refractivity contribution in [2.24, 2.45) is 5.92 Å². The molecule has 0 bridgehead atoms. The van der Waals surface area contributed by atoms with Crippen molar-refractivity contribution in [3.63, 3.8) is 0 Å². The van der Waals surface area contributed by atoms with Crippen LogP contribution in [-0.2, 0) is 9.59 Å². The van der Waals surface area contributed by atoms with E-state index in [4.69, 9.17) is 16.1 Å². The quantitative estimate of drug-likeness (QED) is 0.587. The number of hydrogen-bond donors (Lipinski definition) is 0. The molecule has 3 aromatic rings. The third-order valence-electron chi connectivity index (χ3n) is 6.20. The van der Waals surface area contributed by atoms with E-state index in [0.717, 1.165) is 30.0 Å². The van der Waals surface area contributed by atoms with Crippen LogP contribution in [0.5, 0.6) is 0 Å². The lowest BCUT2D eigenvalue weighted by molar-refractivity contribution is -0.136. The van der Waals surface area contributed by atoms with Crippen LogP contribution in [0.25, 0.3) is 11.4 Å². The number of amides is 2. The fraction of sp³-hybridized carbons (Fsp3) is 0.333. The summed E-state index contributed by atoms with van der Waals surface area (Å²) >= 11 is 6.07. The predicted octanol–water partition coefficient (Wildman–Crippen LogP) is 3.40. The van der Waals surface area contributed by atoms with E-state index >= 15 is 0 Å². The topological polar surface area (TPSA) is 82.8 Å². The molecule has 0 aliphatic carbocycles. The fourth-order valence-corrected chi connectivity index (χ4v) is 4.63. The second-order valence-electron chi connectivity index (χ2n) is 8.38. The second-order valence-corrected chi connectivity index (χ2v) is 8.82. The molecule has 170 valence electrons. The monoisotopic (exact) mass is 465 g/mol. The molecule has 0 saturated carbocycles. The summed E-state index contributed by atoms with van der Waals surface area (Å²) in [6.07, 6.45) is 0.239. The van der Waals surface area contributed by atoms with E-state index in [-0.39, 0.29) is 24.2 Å². The number of anilines is 2. The highest BCUT2D eigenvalue weighted by atomic mass is 35.5. The zero-order valence-electron chi connectivity index (χ0n) is 18.3. The molecule has 1 aromatic heterocycles. The van der Waals surface area contributed by atoms with Crippen molar-refractivity contribution in [2.45, 2.75) is 13.3 Å². The van der Waals surface area contributed by atoms with Gasteiger partial charge in [0.1, 0.15) is 0 Å². The highest BCUT2D eigenvalue weighted by Crippen LogP contribution is 2.29. The van der Waals surface area contributed by atoms with Gasteiger partial charge in [0.25, 0.3) is 0 Å². The Morgan fingerprint density at radius 3 is 2.48 bits per heavy atom. The molecule has 2 saturated heterocycles. The number of aryl methyl sites for hydroxylation is 1. The van der Waals surface area contributed by atoms with Crippen molar-refractivity contribution in [3.8, 4) is 11.4 Å². The van der Waals surface area contributed by atoms with Crippen LogP contribution in [0.4, 0.5) is 11.4 Å². The van der Waals surface area contributed by atoms with Crippen LogP contribution >= 0.6 is 11.6 Å². The van der Waals surface area contributed by atoms with Crippen LogP contribution < -0.4 is 9.80 Å². The smallest absolute Gasteiger partial charge is 0.228 e. The van der Waals surface area contributed by atoms with E-state index < -0.39 is 0 Å². The Bertz CT molecular complexity index is 1170. The minimum absolute atomic E-state index is 0.0360. The van der Waals surface area contributed by atoms with Crippen molar-refractivity contribution < 1.29 is 14.1 Å². The molecule has 1 atom stereocenters. The van der Waals surface area contributed by atoms with E-state index in [2.05, 4.69) is 15.0 Å². The standard InChI is InChI=1S/C24H24ClN5O3/c1-16-26-23(27-33-16)17-5-7-20(8-6-17)28-9-11-29(12-10-28)24(32)18-13-22(31)30(15-18)21-4-2-3-19(25)14-21/h2-8,14,18H,9-13,15H2,1H3. The number of rotatable bonds is 4. The first-order chi connectivity index (χ1) is 16.0. The molecule has 0 radical (unpaired) electrons. The van der Waals surface area contributed by atoms with Gasteiger partial charge in [-0.2, -0.15) is 4.98 Å². The van der Waals surface area contributed by atoms with Gasteiger partial charge in [0.15, 0.2) is 0 Å². The van der Waals surface area contributed by atoms with Gasteiger partial charge in [-0.15, -0.1) is 0 Å². The molecular weight excluding hydrogens is 442 g/mol. The lowest BCUT2D eigenvalue weighted by Gasteiger charge is -2.37. The van der Waals surface area contributed by atoms with E-state index in [1.54, 1.807) is 24.0 Å². The average molecular weight is 466 g/mol. The lowest BCUT2D eigenvalue weighted by atomic mass is 10.1. The molecule has 3 heterocycles. The van der Waals surface area contributed by atoms with Gasteiger partial charge in [0.05, 0.1) is 5.92 Å². The summed E-state index contributed by atoms with van der Waals surface area (Å²) in [6.45, 7) is 4.91. The Morgan fingerprint density at radius 2 is 1.82 bits per heavy atom. The Labute approximate surface area is 196 Å². The molecule has 2 aliphatic heterocycles. The molecule has 8 nitrogen and oxygen atoms in total. The van der Waals surface area contributed by atoms with Gasteiger partial charge >= 0.3 is 0 Å². The van der Waals surface area contributed by atoms with Gasteiger partial charge < -0.3 is 19.2 Å². The van der Waals surface area contributed by atoms with Gasteiger partial charge in [-0.3, -0.25) is 9.59 Å². The maximum atomic E-state index is 13.1. The predicted molar refractivity (Wildman–Crippen MR) is 125 cm³/mol. The number of piperazine rings is 1. The Kier molecular flexibility index (Phi) is 5.76. The molecule has 5 rings (SSSR count). The molecule has 33 heavy (non-hydrogen) atoms. The highest BCUT2D eigenvalue weighted by molar-refractivity contribution is 6.31. The number of hydrogen-bond acceptors (Lipinski definition) is 6. The van der Waals surface area contributed by atoms with Gasteiger partial charge in [-0.05, 0) is 42.5 Å². The van der Waals surface area contributed by atoms with Crippen LogP contribution in [-0.4, -0.2) is 59.6 Å². The number of nitrogens with zero attached hydrogens (tertiary/aromatic N) is 5. The summed E-state index contributed by atoms with van der Waals surface area (Å²) in [5.41, 5.74) is 2.74. The molecule has 0 N–H and O–H groups in total. The second kappa shape index (κ2) is 8.86. The van der Waals surface area contributed by atoms with Crippen LogP contribution in [0.15, 0.2) is 53.1 Å². The maximum absolute atomic E-state index is 13.1. The number of carbonyl (C=O) groups excluding carboxylic acids is 2. The third-order valence-corrected chi connectivity index (χ3v) is 6.44. The molecule has 0 spiro atoms. The SMILES string of the molecule is Cc1nc(-c2ccc(N3CCN(C(=O)C4CC(=O)N(c5cccc(Cl)c5)C4)CC3)cc2)no1. The molecule has 9 heteroatoms. The Morgan fingerprint density at radius 1 is 1.06 bits per heavy atom.